The van der Waals surface area contributed by atoms with Crippen LogP contribution in [0.25, 0.3) is 20.7 Å². The van der Waals surface area contributed by atoms with Crippen LogP contribution in [-0.2, 0) is 0 Å². The summed E-state index contributed by atoms with van der Waals surface area (Å²) in [6, 6.07) is 13.6. The van der Waals surface area contributed by atoms with E-state index in [1.165, 1.54) is 29.5 Å². The normalized spacial score (nSPS) is 10.9. The highest BCUT2D eigenvalue weighted by Gasteiger charge is 2.20. The van der Waals surface area contributed by atoms with Crippen LogP contribution in [0.4, 0.5) is 4.39 Å². The molecule has 0 radical (unpaired) electrons. The summed E-state index contributed by atoms with van der Waals surface area (Å²) in [6.07, 6.45) is 0. The fourth-order valence-electron chi connectivity index (χ4n) is 2.72. The highest BCUT2D eigenvalue weighted by molar-refractivity contribution is 7.21. The Bertz CT molecular complexity index is 1240. The summed E-state index contributed by atoms with van der Waals surface area (Å²) in [4.78, 5) is 30.0. The molecule has 5 nitrogen and oxygen atoms in total. The number of aromatic nitrogens is 1. The lowest BCUT2D eigenvalue weighted by atomic mass is 10.2. The molecule has 146 valence electrons. The van der Waals surface area contributed by atoms with E-state index in [4.69, 9.17) is 11.6 Å². The van der Waals surface area contributed by atoms with Crippen LogP contribution in [-0.4, -0.2) is 16.8 Å². The largest absolute Gasteiger partial charge is 0.281 e. The summed E-state index contributed by atoms with van der Waals surface area (Å²) in [7, 11) is 0. The lowest BCUT2D eigenvalue weighted by Gasteiger charge is -2.05. The second-order valence-corrected chi connectivity index (χ2v) is 8.52. The molecule has 4 rings (SSSR count). The maximum atomic E-state index is 13.4. The maximum absolute atomic E-state index is 13.4. The molecule has 2 heterocycles. The molecule has 0 fully saturated rings. The van der Waals surface area contributed by atoms with E-state index in [0.717, 1.165) is 16.9 Å². The Morgan fingerprint density at radius 3 is 2.41 bits per heavy atom. The predicted molar refractivity (Wildman–Crippen MR) is 114 cm³/mol. The van der Waals surface area contributed by atoms with Gasteiger partial charge in [-0.15, -0.1) is 22.7 Å². The number of thiophene rings is 1. The van der Waals surface area contributed by atoms with Gasteiger partial charge in [0.05, 0.1) is 10.7 Å². The number of hydrazine groups is 1. The van der Waals surface area contributed by atoms with E-state index >= 15 is 0 Å². The Balaban J connectivity index is 1.49. The van der Waals surface area contributed by atoms with Crippen LogP contribution in [0.15, 0.2) is 48.5 Å². The van der Waals surface area contributed by atoms with E-state index in [1.807, 2.05) is 30.3 Å². The van der Waals surface area contributed by atoms with Crippen molar-refractivity contribution in [2.45, 2.75) is 6.92 Å². The summed E-state index contributed by atoms with van der Waals surface area (Å²) in [5, 5.41) is 1.52. The molecule has 29 heavy (non-hydrogen) atoms. The molecule has 9 heteroatoms. The van der Waals surface area contributed by atoms with E-state index in [0.29, 0.717) is 25.7 Å². The smallest absolute Gasteiger partial charge is 0.266 e. The van der Waals surface area contributed by atoms with Crippen molar-refractivity contribution in [3.63, 3.8) is 0 Å². The lowest BCUT2D eigenvalue weighted by molar-refractivity contribution is 0.0850. The van der Waals surface area contributed by atoms with Gasteiger partial charge in [0, 0.05) is 15.6 Å². The summed E-state index contributed by atoms with van der Waals surface area (Å²) in [5.74, 6) is -1.46. The van der Waals surface area contributed by atoms with Gasteiger partial charge in [-0.2, -0.15) is 0 Å². The number of rotatable bonds is 3. The summed E-state index contributed by atoms with van der Waals surface area (Å²) >= 11 is 8.53. The van der Waals surface area contributed by atoms with Gasteiger partial charge in [-0.1, -0.05) is 41.9 Å². The predicted octanol–water partition coefficient (Wildman–Crippen LogP) is 5.20. The molecule has 0 atom stereocenters. The van der Waals surface area contributed by atoms with Gasteiger partial charge in [-0.25, -0.2) is 9.37 Å². The number of halogens is 2. The third-order valence-corrected chi connectivity index (χ3v) is 6.97. The third-order valence-electron chi connectivity index (χ3n) is 4.11. The standard InChI is InChI=1S/C20H13ClFN3O2S2/c1-10-16(29-20(23-10)11-5-3-2-4-6-11)18(26)24-25-19(27)17-15(21)13-8-7-12(22)9-14(13)28-17/h2-9H,1H3,(H,24,26)(H,25,27). The van der Waals surface area contributed by atoms with Crippen LogP contribution in [0.3, 0.4) is 0 Å². The van der Waals surface area contributed by atoms with Gasteiger partial charge in [-0.05, 0) is 25.1 Å². The van der Waals surface area contributed by atoms with Crippen molar-refractivity contribution in [1.29, 1.82) is 0 Å². The quantitative estimate of drug-likeness (QED) is 0.426. The minimum Gasteiger partial charge on any atom is -0.266 e. The molecule has 0 aliphatic heterocycles. The first-order valence-corrected chi connectivity index (χ1v) is 10.5. The molecule has 0 bridgehead atoms. The lowest BCUT2D eigenvalue weighted by Crippen LogP contribution is -2.41. The second-order valence-electron chi connectivity index (χ2n) is 6.09. The first kappa shape index (κ1) is 19.5. The highest BCUT2D eigenvalue weighted by atomic mass is 35.5. The van der Waals surface area contributed by atoms with E-state index in [9.17, 15) is 14.0 Å². The minimum atomic E-state index is -0.574. The fraction of sp³-hybridized carbons (Fsp3) is 0.0500. The molecule has 0 saturated carbocycles. The fourth-order valence-corrected chi connectivity index (χ4v) is 5.13. The van der Waals surface area contributed by atoms with Gasteiger partial charge >= 0.3 is 0 Å². The number of carbonyl (C=O) groups excluding carboxylic acids is 2. The average Bonchev–Trinajstić information content (AvgIpc) is 3.26. The van der Waals surface area contributed by atoms with Crippen LogP contribution in [0.2, 0.25) is 5.02 Å². The number of nitrogens with one attached hydrogen (secondary N) is 2. The third kappa shape index (κ3) is 3.87. The Kier molecular flexibility index (Phi) is 5.31. The van der Waals surface area contributed by atoms with Crippen LogP contribution in [0, 0.1) is 12.7 Å². The van der Waals surface area contributed by atoms with Crippen molar-refractivity contribution in [3.8, 4) is 10.6 Å². The average molecular weight is 446 g/mol. The Morgan fingerprint density at radius 2 is 1.69 bits per heavy atom. The zero-order chi connectivity index (χ0) is 20.5. The number of fused-ring (bicyclic) bond motifs is 1. The van der Waals surface area contributed by atoms with Crippen molar-refractivity contribution >= 4 is 56.2 Å². The molecule has 0 unspecified atom stereocenters. The SMILES string of the molecule is Cc1nc(-c2ccccc2)sc1C(=O)NNC(=O)c1sc2cc(F)ccc2c1Cl. The van der Waals surface area contributed by atoms with Gasteiger partial charge in [0.2, 0.25) is 0 Å². The zero-order valence-electron chi connectivity index (χ0n) is 15.0. The van der Waals surface area contributed by atoms with Gasteiger partial charge < -0.3 is 0 Å². The van der Waals surface area contributed by atoms with Gasteiger partial charge in [-0.3, -0.25) is 20.4 Å². The van der Waals surface area contributed by atoms with Crippen molar-refractivity contribution < 1.29 is 14.0 Å². The summed E-state index contributed by atoms with van der Waals surface area (Å²) in [5.41, 5.74) is 6.23. The Labute approximate surface area is 178 Å². The minimum absolute atomic E-state index is 0.193. The number of thiazole rings is 1. The molecule has 4 aromatic rings. The van der Waals surface area contributed by atoms with Crippen LogP contribution in [0.5, 0.6) is 0 Å². The van der Waals surface area contributed by atoms with Crippen LogP contribution < -0.4 is 10.9 Å². The first-order chi connectivity index (χ1) is 13.9. The van der Waals surface area contributed by atoms with Crippen molar-refractivity contribution in [2.75, 3.05) is 0 Å². The number of carbonyl (C=O) groups is 2. The molecule has 2 N–H and O–H groups in total. The molecule has 0 saturated heterocycles. The Hall–Kier alpha value is -2.81. The molecule has 0 aliphatic carbocycles. The van der Waals surface area contributed by atoms with Gasteiger partial charge in [0.15, 0.2) is 0 Å². The molecule has 2 aromatic heterocycles. The van der Waals surface area contributed by atoms with Crippen molar-refractivity contribution in [3.05, 3.63) is 74.8 Å². The highest BCUT2D eigenvalue weighted by Crippen LogP contribution is 2.35. The van der Waals surface area contributed by atoms with E-state index in [-0.39, 0.29) is 9.90 Å². The molecular weight excluding hydrogens is 433 g/mol. The zero-order valence-corrected chi connectivity index (χ0v) is 17.3. The molecule has 2 aromatic carbocycles. The van der Waals surface area contributed by atoms with Gasteiger partial charge in [0.25, 0.3) is 11.8 Å². The van der Waals surface area contributed by atoms with Gasteiger partial charge in [0.1, 0.15) is 20.6 Å². The molecular formula is C20H13ClFN3O2S2. The van der Waals surface area contributed by atoms with Crippen molar-refractivity contribution in [2.24, 2.45) is 0 Å². The number of benzene rings is 2. The number of amides is 2. The van der Waals surface area contributed by atoms with E-state index < -0.39 is 17.6 Å². The first-order valence-electron chi connectivity index (χ1n) is 8.45. The monoisotopic (exact) mass is 445 g/mol. The van der Waals surface area contributed by atoms with E-state index in [1.54, 1.807) is 6.92 Å². The molecule has 0 spiro atoms. The van der Waals surface area contributed by atoms with E-state index in [2.05, 4.69) is 15.8 Å². The number of nitrogens with zero attached hydrogens (tertiary/aromatic N) is 1. The topological polar surface area (TPSA) is 71.1 Å². The summed E-state index contributed by atoms with van der Waals surface area (Å²) < 4.78 is 13.9. The Morgan fingerprint density at radius 1 is 1.00 bits per heavy atom. The van der Waals surface area contributed by atoms with Crippen LogP contribution in [0.1, 0.15) is 25.0 Å². The number of hydrogen-bond donors (Lipinski definition) is 2. The van der Waals surface area contributed by atoms with Crippen molar-refractivity contribution in [1.82, 2.24) is 15.8 Å². The summed E-state index contributed by atoms with van der Waals surface area (Å²) in [6.45, 7) is 1.73. The molecule has 2 amide bonds. The number of hydrogen-bond acceptors (Lipinski definition) is 5. The second kappa shape index (κ2) is 7.90. The van der Waals surface area contributed by atoms with Crippen LogP contribution >= 0.6 is 34.3 Å². The molecule has 0 aliphatic rings. The maximum Gasteiger partial charge on any atom is 0.281 e. The number of aryl methyl sites for hydroxylation is 1.